The van der Waals surface area contributed by atoms with E-state index >= 15 is 0 Å². The molecule has 1 unspecified atom stereocenters. The van der Waals surface area contributed by atoms with Crippen molar-refractivity contribution in [2.45, 2.75) is 52.3 Å². The largest absolute Gasteiger partial charge is 0.450 e. The number of hydrogen-bond acceptors (Lipinski definition) is 5. The van der Waals surface area contributed by atoms with E-state index in [9.17, 15) is 31.9 Å². The Morgan fingerprint density at radius 3 is 2.13 bits per heavy atom. The molecule has 1 atom stereocenters. The van der Waals surface area contributed by atoms with E-state index in [2.05, 4.69) is 10.6 Å². The van der Waals surface area contributed by atoms with E-state index in [1.54, 1.807) is 26.1 Å². The third-order valence-corrected chi connectivity index (χ3v) is 3.61. The van der Waals surface area contributed by atoms with Crippen LogP contribution in [0.1, 0.15) is 46.1 Å². The quantitative estimate of drug-likeness (QED) is 0.552. The minimum Gasteiger partial charge on any atom is -0.450 e. The molecule has 0 saturated heterocycles. The molecule has 0 bridgehead atoms. The van der Waals surface area contributed by atoms with E-state index in [-0.39, 0.29) is 23.5 Å². The first-order valence-electron chi connectivity index (χ1n) is 9.24. The van der Waals surface area contributed by atoms with Crippen LogP contribution >= 0.6 is 0 Å². The number of nitrogens with one attached hydrogen (secondary N) is 3. The average Bonchev–Trinajstić information content (AvgIpc) is 2.59. The Morgan fingerprint density at radius 1 is 1.03 bits per heavy atom. The summed E-state index contributed by atoms with van der Waals surface area (Å²) in [6.07, 6.45) is -6.55. The number of alkyl halides is 3. The first-order chi connectivity index (χ1) is 14.1. The average molecular weight is 451 g/mol. The number of rotatable bonds is 6. The molecular formula is C19H25F4N3O5. The molecule has 12 heteroatoms. The Morgan fingerprint density at radius 2 is 1.61 bits per heavy atom. The number of halogens is 4. The van der Waals surface area contributed by atoms with Crippen LogP contribution in [0.2, 0.25) is 0 Å². The van der Waals surface area contributed by atoms with E-state index in [1.165, 1.54) is 13.8 Å². The standard InChI is InChI=1S/C19H25F4N3O5/c1-6-30-16(28)25-13-8-14(26-17(29)31-18(3,4)5)12(20)7-11(13)10(2)15(27)24-9-19(21,22)23/h7-8,10H,6,9H2,1-5H3,(H,24,27)(H,25,28)(H,26,29). The van der Waals surface area contributed by atoms with Crippen LogP contribution in [0.25, 0.3) is 0 Å². The Balaban J connectivity index is 3.24. The topological polar surface area (TPSA) is 106 Å². The van der Waals surface area contributed by atoms with Crippen molar-refractivity contribution in [2.75, 3.05) is 23.8 Å². The molecule has 0 aliphatic rings. The summed E-state index contributed by atoms with van der Waals surface area (Å²) in [6.45, 7) is 6.00. The molecule has 3 N–H and O–H groups in total. The highest BCUT2D eigenvalue weighted by Gasteiger charge is 2.30. The molecule has 0 aromatic heterocycles. The number of benzene rings is 1. The van der Waals surface area contributed by atoms with Crippen LogP contribution in [-0.2, 0) is 14.3 Å². The summed E-state index contributed by atoms with van der Waals surface area (Å²) in [6, 6.07) is 1.84. The minimum atomic E-state index is -4.63. The second-order valence-corrected chi connectivity index (χ2v) is 7.45. The molecule has 1 rings (SSSR count). The lowest BCUT2D eigenvalue weighted by atomic mass is 9.97. The first kappa shape index (κ1) is 26.0. The Hall–Kier alpha value is -3.05. The van der Waals surface area contributed by atoms with Crippen molar-refractivity contribution >= 4 is 29.5 Å². The zero-order valence-electron chi connectivity index (χ0n) is 17.7. The zero-order chi connectivity index (χ0) is 24.0. The molecule has 0 radical (unpaired) electrons. The molecule has 0 fully saturated rings. The fourth-order valence-electron chi connectivity index (χ4n) is 2.32. The van der Waals surface area contributed by atoms with Gasteiger partial charge in [-0.15, -0.1) is 0 Å². The van der Waals surface area contributed by atoms with E-state index in [0.29, 0.717) is 0 Å². The SMILES string of the molecule is CCOC(=O)Nc1cc(NC(=O)OC(C)(C)C)c(F)cc1C(C)C(=O)NCC(F)(F)F. The first-order valence-corrected chi connectivity index (χ1v) is 9.24. The van der Waals surface area contributed by atoms with Gasteiger partial charge in [0, 0.05) is 0 Å². The lowest BCUT2D eigenvalue weighted by Crippen LogP contribution is -2.36. The number of anilines is 2. The molecule has 1 aromatic rings. The van der Waals surface area contributed by atoms with Crippen LogP contribution in [0.5, 0.6) is 0 Å². The third kappa shape index (κ3) is 9.09. The lowest BCUT2D eigenvalue weighted by molar-refractivity contribution is -0.139. The molecule has 0 saturated carbocycles. The van der Waals surface area contributed by atoms with Crippen molar-refractivity contribution in [1.29, 1.82) is 0 Å². The Labute approximate surface area is 176 Å². The fraction of sp³-hybridized carbons (Fsp3) is 0.526. The maximum absolute atomic E-state index is 14.6. The van der Waals surface area contributed by atoms with Crippen molar-refractivity contribution in [1.82, 2.24) is 5.32 Å². The second-order valence-electron chi connectivity index (χ2n) is 7.45. The van der Waals surface area contributed by atoms with Gasteiger partial charge in [0.15, 0.2) is 0 Å². The Bertz CT molecular complexity index is 822. The minimum absolute atomic E-state index is 0.00694. The van der Waals surface area contributed by atoms with Crippen LogP contribution in [0, 0.1) is 5.82 Å². The van der Waals surface area contributed by atoms with Crippen LogP contribution in [0.3, 0.4) is 0 Å². The molecule has 0 aliphatic heterocycles. The molecule has 174 valence electrons. The van der Waals surface area contributed by atoms with Crippen LogP contribution in [0.4, 0.5) is 38.5 Å². The van der Waals surface area contributed by atoms with Crippen molar-refractivity contribution in [2.24, 2.45) is 0 Å². The molecule has 3 amide bonds. The predicted molar refractivity (Wildman–Crippen MR) is 104 cm³/mol. The molecule has 8 nitrogen and oxygen atoms in total. The van der Waals surface area contributed by atoms with Gasteiger partial charge in [0.2, 0.25) is 5.91 Å². The van der Waals surface area contributed by atoms with E-state index in [1.807, 2.05) is 0 Å². The van der Waals surface area contributed by atoms with Gasteiger partial charge in [-0.25, -0.2) is 14.0 Å². The van der Waals surface area contributed by atoms with Gasteiger partial charge in [0.1, 0.15) is 18.0 Å². The van der Waals surface area contributed by atoms with Gasteiger partial charge in [0.25, 0.3) is 0 Å². The summed E-state index contributed by atoms with van der Waals surface area (Å²) in [4.78, 5) is 35.9. The number of carbonyl (C=O) groups excluding carboxylic acids is 3. The predicted octanol–water partition coefficient (Wildman–Crippen LogP) is 4.52. The molecule has 0 spiro atoms. The van der Waals surface area contributed by atoms with Gasteiger partial charge >= 0.3 is 18.4 Å². The molecule has 1 aromatic carbocycles. The summed E-state index contributed by atoms with van der Waals surface area (Å²) in [5.41, 5.74) is -1.51. The maximum Gasteiger partial charge on any atom is 0.412 e. The van der Waals surface area contributed by atoms with Crippen molar-refractivity contribution in [3.63, 3.8) is 0 Å². The normalized spacial score (nSPS) is 12.5. The monoisotopic (exact) mass is 451 g/mol. The smallest absolute Gasteiger partial charge is 0.412 e. The highest BCUT2D eigenvalue weighted by Crippen LogP contribution is 2.31. The Kier molecular flexibility index (Phi) is 8.64. The summed E-state index contributed by atoms with van der Waals surface area (Å²) in [5, 5.41) is 6.16. The van der Waals surface area contributed by atoms with Crippen molar-refractivity contribution < 1.29 is 41.4 Å². The van der Waals surface area contributed by atoms with Gasteiger partial charge < -0.3 is 14.8 Å². The van der Waals surface area contributed by atoms with Crippen molar-refractivity contribution in [3.8, 4) is 0 Å². The van der Waals surface area contributed by atoms with E-state index in [4.69, 9.17) is 9.47 Å². The number of ether oxygens (including phenoxy) is 2. The van der Waals surface area contributed by atoms with Gasteiger partial charge in [0.05, 0.1) is 23.9 Å². The summed E-state index contributed by atoms with van der Waals surface area (Å²) in [5.74, 6) is -3.31. The maximum atomic E-state index is 14.6. The van der Waals surface area contributed by atoms with Gasteiger partial charge in [-0.1, -0.05) is 0 Å². The number of amides is 3. The molecule has 31 heavy (non-hydrogen) atoms. The van der Waals surface area contributed by atoms with Gasteiger partial charge in [-0.3, -0.25) is 15.4 Å². The highest BCUT2D eigenvalue weighted by atomic mass is 19.4. The number of hydrogen-bond donors (Lipinski definition) is 3. The van der Waals surface area contributed by atoms with E-state index in [0.717, 1.165) is 12.1 Å². The fourth-order valence-corrected chi connectivity index (χ4v) is 2.32. The van der Waals surface area contributed by atoms with Crippen LogP contribution in [-0.4, -0.2) is 43.0 Å². The van der Waals surface area contributed by atoms with Crippen LogP contribution in [0.15, 0.2) is 12.1 Å². The summed E-state index contributed by atoms with van der Waals surface area (Å²) >= 11 is 0. The van der Waals surface area contributed by atoms with Gasteiger partial charge in [-0.2, -0.15) is 13.2 Å². The van der Waals surface area contributed by atoms with E-state index < -0.39 is 48.2 Å². The van der Waals surface area contributed by atoms with Crippen LogP contribution < -0.4 is 16.0 Å². The van der Waals surface area contributed by atoms with Crippen molar-refractivity contribution in [3.05, 3.63) is 23.5 Å². The summed E-state index contributed by atoms with van der Waals surface area (Å²) < 4.78 is 61.5. The second kappa shape index (κ2) is 10.3. The molecule has 0 heterocycles. The molecule has 0 aliphatic carbocycles. The van der Waals surface area contributed by atoms with Gasteiger partial charge in [-0.05, 0) is 52.3 Å². The highest BCUT2D eigenvalue weighted by molar-refractivity contribution is 5.93. The number of carbonyl (C=O) groups is 3. The molecular weight excluding hydrogens is 426 g/mol. The zero-order valence-corrected chi connectivity index (χ0v) is 17.7. The third-order valence-electron chi connectivity index (χ3n) is 3.61. The lowest BCUT2D eigenvalue weighted by Gasteiger charge is -2.21. The summed E-state index contributed by atoms with van der Waals surface area (Å²) in [7, 11) is 0.